The van der Waals surface area contributed by atoms with Gasteiger partial charge in [0.1, 0.15) is 36.4 Å². The van der Waals surface area contributed by atoms with Crippen molar-refractivity contribution in [1.82, 2.24) is 4.98 Å². The smallest absolute Gasteiger partial charge is 0.331 e. The van der Waals surface area contributed by atoms with Gasteiger partial charge in [-0.15, -0.1) is 0 Å². The molecule has 1 aromatic heterocycles. The predicted octanol–water partition coefficient (Wildman–Crippen LogP) is 4.92. The van der Waals surface area contributed by atoms with Crippen LogP contribution in [0.5, 0.6) is 0 Å². The van der Waals surface area contributed by atoms with E-state index in [9.17, 15) is 40.5 Å². The lowest BCUT2D eigenvalue weighted by molar-refractivity contribution is -0.302. The number of cyclic esters (lactones) is 1. The van der Waals surface area contributed by atoms with E-state index in [1.807, 2.05) is 39.0 Å². The van der Waals surface area contributed by atoms with E-state index in [0.717, 1.165) is 5.57 Å². The van der Waals surface area contributed by atoms with E-state index in [-0.39, 0.29) is 24.7 Å². The van der Waals surface area contributed by atoms with Crippen molar-refractivity contribution in [3.8, 4) is 0 Å². The summed E-state index contributed by atoms with van der Waals surface area (Å²) < 4.78 is 23.4. The van der Waals surface area contributed by atoms with Crippen LogP contribution < -0.4 is 0 Å². The first kappa shape index (κ1) is 49.3. The number of fused-ring (bicyclic) bond motifs is 2. The van der Waals surface area contributed by atoms with Crippen molar-refractivity contribution < 1.29 is 59.2 Å². The lowest BCUT2D eigenvalue weighted by atomic mass is 9.86. The molecule has 1 aromatic rings. The van der Waals surface area contributed by atoms with Crippen LogP contribution in [0.2, 0.25) is 0 Å². The highest BCUT2D eigenvalue weighted by molar-refractivity contribution is 5.82. The molecule has 0 aliphatic carbocycles. The summed E-state index contributed by atoms with van der Waals surface area (Å²) in [4.78, 5) is 17.4. The van der Waals surface area contributed by atoms with Crippen LogP contribution in [0.25, 0.3) is 6.08 Å². The summed E-state index contributed by atoms with van der Waals surface area (Å²) in [6, 6.07) is 0. The number of hydrogen-bond acceptors (Lipinski definition) is 13. The van der Waals surface area contributed by atoms with Crippen molar-refractivity contribution in [1.29, 1.82) is 0 Å². The average molecular weight is 824 g/mol. The molecule has 13 heteroatoms. The fraction of sp³-hybridized carbons (Fsp3) is 0.522. The molecule has 0 spiro atoms. The second-order valence-electron chi connectivity index (χ2n) is 15.6. The minimum absolute atomic E-state index is 0.0378. The largest absolute Gasteiger partial charge is 0.458 e. The van der Waals surface area contributed by atoms with Crippen LogP contribution in [0.4, 0.5) is 0 Å². The van der Waals surface area contributed by atoms with Crippen molar-refractivity contribution in [2.24, 2.45) is 17.8 Å². The predicted molar refractivity (Wildman–Crippen MR) is 225 cm³/mol. The van der Waals surface area contributed by atoms with Gasteiger partial charge in [0.15, 0.2) is 12.2 Å². The fourth-order valence-corrected chi connectivity index (χ4v) is 6.59. The number of ether oxygens (including phenoxy) is 3. The van der Waals surface area contributed by atoms with Crippen molar-refractivity contribution in [3.05, 3.63) is 121 Å². The Morgan fingerprint density at radius 3 is 2.10 bits per heavy atom. The topological polar surface area (TPSA) is 212 Å². The zero-order chi connectivity index (χ0) is 43.6. The summed E-state index contributed by atoms with van der Waals surface area (Å²) in [7, 11) is 0. The number of aromatic nitrogens is 1. The van der Waals surface area contributed by atoms with E-state index in [1.54, 1.807) is 107 Å². The molecule has 0 saturated carbocycles. The zero-order valence-electron chi connectivity index (χ0n) is 35.1. The van der Waals surface area contributed by atoms with Crippen molar-refractivity contribution >= 4 is 12.0 Å². The van der Waals surface area contributed by atoms with Crippen LogP contribution in [0, 0.1) is 17.8 Å². The SMILES string of the molecule is CC1=CC(C)C(OC2OC(C)C(O)C(O)C2O)C=CC=Cc2coc(n2)C(C)C(O)CC(O)C=CC=CC=CC(C)C(C(C)C(O)CC(C)O)OC(=O)C=CC=CC=C1. The van der Waals surface area contributed by atoms with E-state index < -0.39 is 85.1 Å². The molecule has 2 aliphatic rings. The number of oxazole rings is 1. The second-order valence-corrected chi connectivity index (χ2v) is 15.6. The Labute approximate surface area is 348 Å². The van der Waals surface area contributed by atoms with Crippen LogP contribution >= 0.6 is 0 Å². The van der Waals surface area contributed by atoms with E-state index in [4.69, 9.17) is 18.6 Å². The van der Waals surface area contributed by atoms with Crippen LogP contribution in [-0.2, 0) is 19.0 Å². The normalized spacial score (nSPS) is 33.8. The molecule has 7 N–H and O–H groups in total. The van der Waals surface area contributed by atoms with Crippen LogP contribution in [0.1, 0.15) is 78.8 Å². The van der Waals surface area contributed by atoms with Gasteiger partial charge in [-0.05, 0) is 33.3 Å². The van der Waals surface area contributed by atoms with Gasteiger partial charge < -0.3 is 54.4 Å². The molecule has 0 radical (unpaired) electrons. The van der Waals surface area contributed by atoms with Gasteiger partial charge in [-0.25, -0.2) is 9.78 Å². The maximum absolute atomic E-state index is 12.9. The summed E-state index contributed by atoms with van der Waals surface area (Å²) in [6.07, 6.45) is 19.7. The minimum atomic E-state index is -1.49. The summed E-state index contributed by atoms with van der Waals surface area (Å²) in [6.45, 7) is 12.4. The summed E-state index contributed by atoms with van der Waals surface area (Å²) in [5.41, 5.74) is 1.39. The van der Waals surface area contributed by atoms with Gasteiger partial charge in [-0.1, -0.05) is 124 Å². The molecule has 15 atom stereocenters. The molecule has 3 heterocycles. The van der Waals surface area contributed by atoms with Gasteiger partial charge in [0.2, 0.25) is 0 Å². The number of hydrogen-bond donors (Lipinski definition) is 7. The molecule has 0 amide bonds. The molecule has 15 unspecified atom stereocenters. The number of aliphatic hydroxyl groups is 7. The average Bonchev–Trinajstić information content (AvgIpc) is 3.66. The van der Waals surface area contributed by atoms with Gasteiger partial charge >= 0.3 is 5.97 Å². The molecule has 2 bridgehead atoms. The van der Waals surface area contributed by atoms with Crippen LogP contribution in [0.15, 0.2) is 113 Å². The Bertz CT molecular complexity index is 1700. The molecule has 0 aromatic carbocycles. The molecule has 59 heavy (non-hydrogen) atoms. The van der Waals surface area contributed by atoms with Crippen molar-refractivity contribution in [3.63, 3.8) is 0 Å². The number of rotatable bonds is 6. The summed E-state index contributed by atoms with van der Waals surface area (Å²) in [5.74, 6) is -1.88. The number of carbonyl (C=O) groups is 1. The first-order valence-corrected chi connectivity index (χ1v) is 20.3. The molecular formula is C46H65NO12. The highest BCUT2D eigenvalue weighted by Crippen LogP contribution is 2.27. The molecule has 326 valence electrons. The van der Waals surface area contributed by atoms with Crippen molar-refractivity contribution in [2.45, 2.75) is 135 Å². The first-order chi connectivity index (χ1) is 28.0. The lowest BCUT2D eigenvalue weighted by Gasteiger charge is -2.40. The number of aliphatic hydroxyl groups excluding tert-OH is 7. The molecule has 2 aliphatic heterocycles. The van der Waals surface area contributed by atoms with Gasteiger partial charge in [0.25, 0.3) is 0 Å². The van der Waals surface area contributed by atoms with Gasteiger partial charge in [0.05, 0.1) is 42.5 Å². The minimum Gasteiger partial charge on any atom is -0.458 e. The third-order valence-corrected chi connectivity index (χ3v) is 10.3. The molecule has 13 nitrogen and oxygen atoms in total. The molecule has 3 rings (SSSR count). The number of allylic oxidation sites excluding steroid dienone is 12. The Balaban J connectivity index is 1.91. The fourth-order valence-electron chi connectivity index (χ4n) is 6.59. The number of esters is 1. The van der Waals surface area contributed by atoms with E-state index in [1.165, 1.54) is 12.3 Å². The molecule has 1 fully saturated rings. The Morgan fingerprint density at radius 1 is 0.780 bits per heavy atom. The Morgan fingerprint density at radius 2 is 1.41 bits per heavy atom. The van der Waals surface area contributed by atoms with Gasteiger partial charge in [0, 0.05) is 30.3 Å². The Kier molecular flexibility index (Phi) is 20.8. The highest BCUT2D eigenvalue weighted by Gasteiger charge is 2.43. The van der Waals surface area contributed by atoms with Gasteiger partial charge in [-0.3, -0.25) is 0 Å². The van der Waals surface area contributed by atoms with Gasteiger partial charge in [-0.2, -0.15) is 0 Å². The molecular weight excluding hydrogens is 759 g/mol. The highest BCUT2D eigenvalue weighted by atomic mass is 16.7. The van der Waals surface area contributed by atoms with Crippen molar-refractivity contribution in [2.75, 3.05) is 0 Å². The third kappa shape index (κ3) is 16.5. The number of nitrogens with zero attached hydrogens (tertiary/aromatic N) is 1. The molecule has 1 saturated heterocycles. The standard InChI is InChI=1S/C46H65NO12/c1-28-18-12-8-11-15-23-40(52)59-44(32(5)37(50)25-31(4)48)29(2)19-13-9-10-14-21-36(49)26-38(51)33(6)45-47-35(27-56-45)20-16-17-22-39(30(3)24-28)58-46-43(55)42(54)41(53)34(7)57-46/h8-24,27,29-34,36-39,41-44,46,48-51,53-55H,25-26H2,1-7H3. The van der Waals surface area contributed by atoms with E-state index in [2.05, 4.69) is 4.98 Å². The van der Waals surface area contributed by atoms with Crippen LogP contribution in [-0.4, -0.2) is 114 Å². The quantitative estimate of drug-likeness (QED) is 0.190. The van der Waals surface area contributed by atoms with E-state index >= 15 is 0 Å². The maximum atomic E-state index is 12.9. The third-order valence-electron chi connectivity index (χ3n) is 10.3. The monoisotopic (exact) mass is 823 g/mol. The second kappa shape index (κ2) is 24.9. The van der Waals surface area contributed by atoms with E-state index in [0.29, 0.717) is 11.6 Å². The zero-order valence-corrected chi connectivity index (χ0v) is 35.1. The Hall–Kier alpha value is -4.02. The lowest BCUT2D eigenvalue weighted by Crippen LogP contribution is -2.58. The summed E-state index contributed by atoms with van der Waals surface area (Å²) >= 11 is 0. The van der Waals surface area contributed by atoms with Crippen LogP contribution in [0.3, 0.4) is 0 Å². The number of carbonyl (C=O) groups excluding carboxylic acids is 1. The summed E-state index contributed by atoms with van der Waals surface area (Å²) in [5, 5.41) is 73.3. The maximum Gasteiger partial charge on any atom is 0.331 e. The first-order valence-electron chi connectivity index (χ1n) is 20.3.